The third-order valence-electron chi connectivity index (χ3n) is 5.56. The highest BCUT2D eigenvalue weighted by atomic mass is 127. The molecule has 1 aromatic rings. The van der Waals surface area contributed by atoms with Gasteiger partial charge in [-0.3, -0.25) is 0 Å². The Labute approximate surface area is 198 Å². The van der Waals surface area contributed by atoms with Crippen molar-refractivity contribution in [1.82, 2.24) is 19.8 Å². The molecule has 0 aromatic heterocycles. The summed E-state index contributed by atoms with van der Waals surface area (Å²) in [5.74, 6) is 0.804. The molecule has 0 bridgehead atoms. The number of benzene rings is 1. The molecule has 2 heterocycles. The average molecular weight is 550 g/mol. The molecule has 2 aliphatic heterocycles. The minimum absolute atomic E-state index is 0. The first-order valence-corrected chi connectivity index (χ1v) is 12.4. The van der Waals surface area contributed by atoms with E-state index < -0.39 is 10.0 Å². The zero-order valence-corrected chi connectivity index (χ0v) is 21.1. The summed E-state index contributed by atoms with van der Waals surface area (Å²) in [6.45, 7) is 8.94. The summed E-state index contributed by atoms with van der Waals surface area (Å²) >= 11 is 0. The second-order valence-corrected chi connectivity index (χ2v) is 9.72. The minimum Gasteiger partial charge on any atom is -0.357 e. The number of likely N-dealkylation sites (tertiary alicyclic amines) is 1. The van der Waals surface area contributed by atoms with Gasteiger partial charge in [-0.2, -0.15) is 4.31 Å². The highest BCUT2D eigenvalue weighted by Crippen LogP contribution is 2.21. The number of rotatable bonds is 8. The molecule has 2 saturated heterocycles. The molecule has 2 N–H and O–H groups in total. The minimum atomic E-state index is -3.35. The zero-order valence-electron chi connectivity index (χ0n) is 18.0. The van der Waals surface area contributed by atoms with E-state index in [-0.39, 0.29) is 24.0 Å². The van der Waals surface area contributed by atoms with Crippen LogP contribution in [0.4, 0.5) is 0 Å². The summed E-state index contributed by atoms with van der Waals surface area (Å²) in [5.41, 5.74) is 0.999. The fourth-order valence-electron chi connectivity index (χ4n) is 3.87. The number of hydrogen-bond acceptors (Lipinski definition) is 4. The number of piperidine rings is 1. The number of hydrogen-bond donors (Lipinski definition) is 2. The number of nitrogens with zero attached hydrogens (tertiary/aromatic N) is 3. The first-order chi connectivity index (χ1) is 14.1. The van der Waals surface area contributed by atoms with Crippen LogP contribution in [0.5, 0.6) is 0 Å². The van der Waals surface area contributed by atoms with Gasteiger partial charge in [0.25, 0.3) is 0 Å². The van der Waals surface area contributed by atoms with E-state index in [4.69, 9.17) is 0 Å². The number of aliphatic imine (C=N–C) groups is 1. The van der Waals surface area contributed by atoms with Gasteiger partial charge in [0.2, 0.25) is 10.0 Å². The predicted octanol–water partition coefficient (Wildman–Crippen LogP) is 2.63. The Morgan fingerprint density at radius 2 is 1.60 bits per heavy atom. The van der Waals surface area contributed by atoms with E-state index in [0.29, 0.717) is 24.5 Å². The molecule has 0 radical (unpaired) electrons. The van der Waals surface area contributed by atoms with Gasteiger partial charge in [-0.05, 0) is 63.4 Å². The van der Waals surface area contributed by atoms with E-state index in [1.165, 1.54) is 32.4 Å². The van der Waals surface area contributed by atoms with Crippen LogP contribution in [0.1, 0.15) is 44.6 Å². The molecule has 0 atom stereocenters. The Kier molecular flexibility index (Phi) is 10.8. The monoisotopic (exact) mass is 549 g/mol. The van der Waals surface area contributed by atoms with Crippen molar-refractivity contribution in [2.75, 3.05) is 45.8 Å². The molecular formula is C21H36IN5O2S. The van der Waals surface area contributed by atoms with Gasteiger partial charge in [-0.25, -0.2) is 13.4 Å². The van der Waals surface area contributed by atoms with E-state index in [9.17, 15) is 8.42 Å². The lowest BCUT2D eigenvalue weighted by Gasteiger charge is -2.26. The van der Waals surface area contributed by atoms with Gasteiger partial charge < -0.3 is 15.5 Å². The molecule has 2 aliphatic rings. The maximum atomic E-state index is 12.6. The van der Waals surface area contributed by atoms with E-state index in [0.717, 1.165) is 44.0 Å². The molecule has 0 aliphatic carbocycles. The van der Waals surface area contributed by atoms with Crippen LogP contribution in [0.3, 0.4) is 0 Å². The molecule has 0 amide bonds. The third kappa shape index (κ3) is 7.35. The fraction of sp³-hybridized carbons (Fsp3) is 0.667. The van der Waals surface area contributed by atoms with Crippen LogP contribution >= 0.6 is 24.0 Å². The standard InChI is InChI=1S/C21H35N5O2S.HI/c1-2-22-21(23-12-17-25-13-4-3-5-14-25)24-18-19-8-10-20(11-9-19)29(27,28)26-15-6-7-16-26;/h8-11H,2-7,12-18H2,1H3,(H2,22,23,24);1H. The number of nitrogens with one attached hydrogen (secondary N) is 2. The van der Waals surface area contributed by atoms with Crippen LogP contribution in [-0.4, -0.2) is 69.4 Å². The molecule has 0 spiro atoms. The molecule has 170 valence electrons. The van der Waals surface area contributed by atoms with Gasteiger partial charge in [0.05, 0.1) is 11.4 Å². The molecule has 0 unspecified atom stereocenters. The highest BCUT2D eigenvalue weighted by Gasteiger charge is 2.26. The predicted molar refractivity (Wildman–Crippen MR) is 133 cm³/mol. The van der Waals surface area contributed by atoms with Crippen molar-refractivity contribution in [2.24, 2.45) is 4.99 Å². The summed E-state index contributed by atoms with van der Waals surface area (Å²) in [4.78, 5) is 7.53. The van der Waals surface area contributed by atoms with Crippen molar-refractivity contribution in [3.05, 3.63) is 29.8 Å². The lowest BCUT2D eigenvalue weighted by atomic mass is 10.1. The van der Waals surface area contributed by atoms with Crippen molar-refractivity contribution < 1.29 is 8.42 Å². The summed E-state index contributed by atoms with van der Waals surface area (Å²) in [5, 5.41) is 6.69. The second-order valence-electron chi connectivity index (χ2n) is 7.78. The zero-order chi connectivity index (χ0) is 20.5. The Balaban J connectivity index is 0.00000320. The maximum absolute atomic E-state index is 12.6. The molecule has 9 heteroatoms. The Bertz CT molecular complexity index is 758. The number of halogens is 1. The third-order valence-corrected chi connectivity index (χ3v) is 7.47. The highest BCUT2D eigenvalue weighted by molar-refractivity contribution is 14.0. The largest absolute Gasteiger partial charge is 0.357 e. The normalized spacial score (nSPS) is 18.8. The Hall–Kier alpha value is -0.910. The van der Waals surface area contributed by atoms with Crippen LogP contribution in [0.25, 0.3) is 0 Å². The summed E-state index contributed by atoms with van der Waals surface area (Å²) in [7, 11) is -3.35. The second kappa shape index (κ2) is 12.8. The van der Waals surface area contributed by atoms with E-state index in [1.807, 2.05) is 12.1 Å². The molecule has 1 aromatic carbocycles. The average Bonchev–Trinajstić information content (AvgIpc) is 3.29. The number of sulfonamides is 1. The lowest BCUT2D eigenvalue weighted by molar-refractivity contribution is 0.232. The van der Waals surface area contributed by atoms with Gasteiger partial charge in [0.1, 0.15) is 0 Å². The summed E-state index contributed by atoms with van der Waals surface area (Å²) in [6.07, 6.45) is 5.86. The van der Waals surface area contributed by atoms with Crippen LogP contribution in [0.15, 0.2) is 34.2 Å². The van der Waals surface area contributed by atoms with Gasteiger partial charge in [0.15, 0.2) is 5.96 Å². The van der Waals surface area contributed by atoms with Crippen molar-refractivity contribution >= 4 is 40.0 Å². The van der Waals surface area contributed by atoms with Crippen molar-refractivity contribution in [2.45, 2.75) is 50.5 Å². The SMILES string of the molecule is CCNC(=NCc1ccc(S(=O)(=O)N2CCCC2)cc1)NCCN1CCCCC1.I. The Morgan fingerprint density at radius 1 is 0.967 bits per heavy atom. The van der Waals surface area contributed by atoms with Crippen molar-refractivity contribution in [3.8, 4) is 0 Å². The van der Waals surface area contributed by atoms with E-state index in [2.05, 4.69) is 27.4 Å². The first kappa shape index (κ1) is 25.4. The quantitative estimate of drug-likeness (QED) is 0.296. The Morgan fingerprint density at radius 3 is 2.23 bits per heavy atom. The molecule has 0 saturated carbocycles. The van der Waals surface area contributed by atoms with E-state index in [1.54, 1.807) is 16.4 Å². The maximum Gasteiger partial charge on any atom is 0.243 e. The summed E-state index contributed by atoms with van der Waals surface area (Å²) in [6, 6.07) is 7.14. The topological polar surface area (TPSA) is 77.0 Å². The van der Waals surface area contributed by atoms with Crippen LogP contribution < -0.4 is 10.6 Å². The van der Waals surface area contributed by atoms with Crippen LogP contribution in [0, 0.1) is 0 Å². The van der Waals surface area contributed by atoms with Gasteiger partial charge >= 0.3 is 0 Å². The first-order valence-electron chi connectivity index (χ1n) is 10.9. The summed E-state index contributed by atoms with van der Waals surface area (Å²) < 4.78 is 26.8. The van der Waals surface area contributed by atoms with Crippen molar-refractivity contribution in [3.63, 3.8) is 0 Å². The van der Waals surface area contributed by atoms with Crippen molar-refractivity contribution in [1.29, 1.82) is 0 Å². The van der Waals surface area contributed by atoms with Gasteiger partial charge in [-0.15, -0.1) is 24.0 Å². The molecule has 2 fully saturated rings. The molecule has 30 heavy (non-hydrogen) atoms. The molecule has 7 nitrogen and oxygen atoms in total. The lowest BCUT2D eigenvalue weighted by Crippen LogP contribution is -2.42. The molecule has 3 rings (SSSR count). The van der Waals surface area contributed by atoms with Crippen LogP contribution in [0.2, 0.25) is 0 Å². The number of guanidine groups is 1. The van der Waals surface area contributed by atoms with Gasteiger partial charge in [0, 0.05) is 32.7 Å². The van der Waals surface area contributed by atoms with Gasteiger partial charge in [-0.1, -0.05) is 18.6 Å². The smallest absolute Gasteiger partial charge is 0.243 e. The van der Waals surface area contributed by atoms with Crippen LogP contribution in [-0.2, 0) is 16.6 Å². The van der Waals surface area contributed by atoms with E-state index >= 15 is 0 Å². The fourth-order valence-corrected chi connectivity index (χ4v) is 5.39. The molecular weight excluding hydrogens is 513 g/mol.